The quantitative estimate of drug-likeness (QED) is 0.666. The number of nitriles is 1. The smallest absolute Gasteiger partial charge is 0.222 e. The third-order valence-electron chi connectivity index (χ3n) is 1.33. The van der Waals surface area contributed by atoms with Gasteiger partial charge in [0.05, 0.1) is 12.0 Å². The molecule has 0 aromatic rings. The molecular weight excluding hydrogens is 140 g/mol. The van der Waals surface area contributed by atoms with Crippen LogP contribution in [0.3, 0.4) is 0 Å². The number of hydrogen-bond donors (Lipinski definition) is 1. The van der Waals surface area contributed by atoms with E-state index < -0.39 is 0 Å². The number of carbonyl (C=O) groups excluding carboxylic acids is 1. The van der Waals surface area contributed by atoms with Crippen molar-refractivity contribution in [3.05, 3.63) is 0 Å². The minimum atomic E-state index is -0.0994. The summed E-state index contributed by atoms with van der Waals surface area (Å²) >= 11 is 0. The van der Waals surface area contributed by atoms with Crippen LogP contribution in [0.5, 0.6) is 0 Å². The molecule has 0 spiro atoms. The van der Waals surface area contributed by atoms with E-state index in [1.54, 1.807) is 6.92 Å². The zero-order valence-electron chi connectivity index (χ0n) is 7.22. The lowest BCUT2D eigenvalue weighted by atomic mass is 10.2. The van der Waals surface area contributed by atoms with Gasteiger partial charge in [0.1, 0.15) is 0 Å². The van der Waals surface area contributed by atoms with Crippen molar-refractivity contribution >= 4 is 5.91 Å². The summed E-state index contributed by atoms with van der Waals surface area (Å²) in [6.45, 7) is 5.88. The Morgan fingerprint density at radius 2 is 2.18 bits per heavy atom. The van der Waals surface area contributed by atoms with Crippen molar-refractivity contribution < 1.29 is 6.22 Å². The van der Waals surface area contributed by atoms with E-state index in [-0.39, 0.29) is 19.2 Å². The van der Waals surface area contributed by atoms with Gasteiger partial charge in [-0.15, -0.1) is 0 Å². The number of rotatable bonds is 3. The van der Waals surface area contributed by atoms with Crippen LogP contribution in [0.25, 0.3) is 0 Å². The second kappa shape index (κ2) is 4.73. The average molecular weight is 156 g/mol. The molecule has 0 aliphatic carbocycles. The molecular formula is C8H16N2O. The monoisotopic (exact) mass is 156 g/mol. The van der Waals surface area contributed by atoms with Gasteiger partial charge >= 0.3 is 0 Å². The first-order valence-electron chi connectivity index (χ1n) is 3.75. The molecule has 0 aromatic heterocycles. The Kier molecular flexibility index (Phi) is 4.28. The highest BCUT2D eigenvalue weighted by atomic mass is 16.1. The fourth-order valence-electron chi connectivity index (χ4n) is 0.503. The molecule has 0 bridgehead atoms. The van der Waals surface area contributed by atoms with Gasteiger partial charge in [0.25, 0.3) is 0 Å². The van der Waals surface area contributed by atoms with Crippen LogP contribution in [-0.4, -0.2) is 12.5 Å². The van der Waals surface area contributed by atoms with Crippen molar-refractivity contribution in [2.75, 3.05) is 6.54 Å². The van der Waals surface area contributed by atoms with E-state index in [9.17, 15) is 4.79 Å². The van der Waals surface area contributed by atoms with E-state index in [1.807, 2.05) is 19.9 Å². The van der Waals surface area contributed by atoms with Gasteiger partial charge in [-0.1, -0.05) is 13.8 Å². The Balaban J connectivity index is 0. The molecule has 0 aliphatic heterocycles. The van der Waals surface area contributed by atoms with Crippen molar-refractivity contribution in [1.82, 2.24) is 5.32 Å². The third kappa shape index (κ3) is 4.38. The minimum absolute atomic E-state index is 0. The predicted octanol–water partition coefficient (Wildman–Crippen LogP) is 1.16. The number of nitrogens with one attached hydrogen (secondary N) is 1. The molecule has 64 valence electrons. The molecule has 1 N–H and O–H groups in total. The molecule has 1 amide bonds. The Morgan fingerprint density at radius 3 is 2.55 bits per heavy atom. The Bertz CT molecular complexity index is 174. The maximum atomic E-state index is 10.9. The summed E-state index contributed by atoms with van der Waals surface area (Å²) in [5.41, 5.74) is 0. The molecule has 0 rings (SSSR count). The lowest BCUT2D eigenvalue weighted by Crippen LogP contribution is -2.31. The van der Waals surface area contributed by atoms with E-state index >= 15 is 0 Å². The van der Waals surface area contributed by atoms with Crippen LogP contribution in [0, 0.1) is 23.2 Å². The maximum Gasteiger partial charge on any atom is 0.222 e. The van der Waals surface area contributed by atoms with Crippen LogP contribution in [-0.2, 0) is 4.79 Å². The molecule has 3 nitrogen and oxygen atoms in total. The molecule has 1 atom stereocenters. The Morgan fingerprint density at radius 1 is 1.64 bits per heavy atom. The maximum absolute atomic E-state index is 10.9. The summed E-state index contributed by atoms with van der Waals surface area (Å²) < 4.78 is 0. The van der Waals surface area contributed by atoms with E-state index in [2.05, 4.69) is 5.32 Å². The van der Waals surface area contributed by atoms with E-state index in [1.165, 1.54) is 0 Å². The highest BCUT2D eigenvalue weighted by Crippen LogP contribution is 1.93. The standard InChI is InChI=1S/C8H14N2O.H2/c1-6(2)8(11)10-5-7(3)4-9;/h6-7H,5H2,1-3H3,(H,10,11);1H/t7-;/m1./s1. The summed E-state index contributed by atoms with van der Waals surface area (Å²) in [4.78, 5) is 10.9. The van der Waals surface area contributed by atoms with Crippen molar-refractivity contribution in [2.24, 2.45) is 11.8 Å². The molecule has 0 aromatic carbocycles. The summed E-state index contributed by atoms with van der Waals surface area (Å²) in [5, 5.41) is 11.1. The fourth-order valence-corrected chi connectivity index (χ4v) is 0.503. The number of amides is 1. The second-order valence-corrected chi connectivity index (χ2v) is 2.93. The lowest BCUT2D eigenvalue weighted by molar-refractivity contribution is -0.124. The molecule has 0 saturated carbocycles. The van der Waals surface area contributed by atoms with Gasteiger partial charge in [0, 0.05) is 13.9 Å². The normalized spacial score (nSPS) is 12.3. The summed E-state index contributed by atoms with van der Waals surface area (Å²) in [7, 11) is 0. The largest absolute Gasteiger partial charge is 0.355 e. The zero-order chi connectivity index (χ0) is 8.85. The molecule has 0 aliphatic rings. The van der Waals surface area contributed by atoms with Crippen molar-refractivity contribution in [2.45, 2.75) is 20.8 Å². The van der Waals surface area contributed by atoms with Crippen molar-refractivity contribution in [1.29, 1.82) is 5.26 Å². The van der Waals surface area contributed by atoms with Crippen LogP contribution in [0.1, 0.15) is 22.2 Å². The van der Waals surface area contributed by atoms with Gasteiger partial charge < -0.3 is 5.32 Å². The third-order valence-corrected chi connectivity index (χ3v) is 1.33. The average Bonchev–Trinajstić information content (AvgIpc) is 1.99. The van der Waals surface area contributed by atoms with E-state index in [0.29, 0.717) is 6.54 Å². The highest BCUT2D eigenvalue weighted by Gasteiger charge is 2.07. The summed E-state index contributed by atoms with van der Waals surface area (Å²) in [5.74, 6) is -0.0920. The molecule has 0 heterocycles. The van der Waals surface area contributed by atoms with Crippen LogP contribution in [0.2, 0.25) is 0 Å². The van der Waals surface area contributed by atoms with Gasteiger partial charge in [0.2, 0.25) is 5.91 Å². The molecule has 0 fully saturated rings. The van der Waals surface area contributed by atoms with Crippen LogP contribution >= 0.6 is 0 Å². The number of hydrogen-bond acceptors (Lipinski definition) is 2. The fraction of sp³-hybridized carbons (Fsp3) is 0.750. The zero-order valence-corrected chi connectivity index (χ0v) is 7.22. The summed E-state index contributed by atoms with van der Waals surface area (Å²) in [6, 6.07) is 2.04. The first-order valence-corrected chi connectivity index (χ1v) is 3.75. The van der Waals surface area contributed by atoms with Gasteiger partial charge in [-0.25, -0.2) is 0 Å². The predicted molar refractivity (Wildman–Crippen MR) is 44.7 cm³/mol. The van der Waals surface area contributed by atoms with Gasteiger partial charge in [0.15, 0.2) is 0 Å². The number of nitrogens with zero attached hydrogens (tertiary/aromatic N) is 1. The van der Waals surface area contributed by atoms with Crippen LogP contribution in [0.4, 0.5) is 0 Å². The van der Waals surface area contributed by atoms with Gasteiger partial charge in [-0.05, 0) is 6.92 Å². The SMILES string of the molecule is CC(C)C(=O)NC[C@H](C)C#N.[HH]. The lowest BCUT2D eigenvalue weighted by Gasteiger charge is -2.07. The molecule has 0 radical (unpaired) electrons. The number of carbonyl (C=O) groups is 1. The van der Waals surface area contributed by atoms with E-state index in [4.69, 9.17) is 5.26 Å². The van der Waals surface area contributed by atoms with Crippen molar-refractivity contribution in [3.8, 4) is 6.07 Å². The first-order chi connectivity index (χ1) is 5.07. The summed E-state index contributed by atoms with van der Waals surface area (Å²) in [6.07, 6.45) is 0. The molecule has 11 heavy (non-hydrogen) atoms. The molecule has 3 heteroatoms. The first kappa shape index (κ1) is 9.96. The topological polar surface area (TPSA) is 52.9 Å². The Hall–Kier alpha value is -1.04. The Labute approximate surface area is 68.9 Å². The van der Waals surface area contributed by atoms with Crippen molar-refractivity contribution in [3.63, 3.8) is 0 Å². The van der Waals surface area contributed by atoms with Gasteiger partial charge in [-0.2, -0.15) is 5.26 Å². The van der Waals surface area contributed by atoms with Crippen LogP contribution < -0.4 is 5.32 Å². The van der Waals surface area contributed by atoms with E-state index in [0.717, 1.165) is 0 Å². The molecule has 0 saturated heterocycles. The second-order valence-electron chi connectivity index (χ2n) is 2.93. The molecule has 0 unspecified atom stereocenters. The highest BCUT2D eigenvalue weighted by molar-refractivity contribution is 5.77. The van der Waals surface area contributed by atoms with Gasteiger partial charge in [-0.3, -0.25) is 4.79 Å². The van der Waals surface area contributed by atoms with Crippen LogP contribution in [0.15, 0.2) is 0 Å². The minimum Gasteiger partial charge on any atom is -0.355 e.